The second-order valence-corrected chi connectivity index (χ2v) is 4.45. The molecule has 0 spiro atoms. The van der Waals surface area contributed by atoms with Gasteiger partial charge in [-0.05, 0) is 24.3 Å². The standard InChI is InChI=1S/C16H14N4O4/c21-15(22)13(19-17-11-7-3-1-4-8-11)14(16(23)24)20-18-12-9-5-2-6-10-12/h1-10,17-18H,(H,21,22)(H,23,24)/p-2/b19-13-,20-14-. The van der Waals surface area contributed by atoms with Crippen LogP contribution >= 0.6 is 0 Å². The van der Waals surface area contributed by atoms with Gasteiger partial charge in [-0.3, -0.25) is 10.9 Å². The summed E-state index contributed by atoms with van der Waals surface area (Å²) in [6, 6.07) is 16.8. The molecule has 0 unspecified atom stereocenters. The van der Waals surface area contributed by atoms with E-state index in [0.29, 0.717) is 11.4 Å². The first-order valence-electron chi connectivity index (χ1n) is 6.78. The minimum atomic E-state index is -1.81. The van der Waals surface area contributed by atoms with E-state index in [4.69, 9.17) is 0 Å². The van der Waals surface area contributed by atoms with Crippen molar-refractivity contribution in [2.75, 3.05) is 10.9 Å². The van der Waals surface area contributed by atoms with E-state index < -0.39 is 23.4 Å². The van der Waals surface area contributed by atoms with Crippen molar-refractivity contribution in [3.8, 4) is 0 Å². The molecule has 0 aliphatic heterocycles. The van der Waals surface area contributed by atoms with E-state index in [1.54, 1.807) is 60.7 Å². The molecule has 0 atom stereocenters. The number of carboxylic acid groups (broad SMARTS) is 2. The van der Waals surface area contributed by atoms with E-state index in [9.17, 15) is 19.8 Å². The highest BCUT2D eigenvalue weighted by Gasteiger charge is 2.13. The summed E-state index contributed by atoms with van der Waals surface area (Å²) >= 11 is 0. The van der Waals surface area contributed by atoms with E-state index in [0.717, 1.165) is 0 Å². The number of carboxylic acids is 2. The first kappa shape index (κ1) is 16.7. The predicted octanol–water partition coefficient (Wildman–Crippen LogP) is -0.578. The number of rotatable bonds is 7. The lowest BCUT2D eigenvalue weighted by Gasteiger charge is -2.12. The lowest BCUT2D eigenvalue weighted by Crippen LogP contribution is -2.46. The molecule has 0 aliphatic carbocycles. The number of carbonyl (C=O) groups is 2. The smallest absolute Gasteiger partial charge is 0.135 e. The monoisotopic (exact) mass is 324 g/mol. The molecule has 0 saturated carbocycles. The van der Waals surface area contributed by atoms with E-state index in [2.05, 4.69) is 21.1 Å². The molecule has 24 heavy (non-hydrogen) atoms. The highest BCUT2D eigenvalue weighted by atomic mass is 16.4. The molecule has 0 heterocycles. The highest BCUT2D eigenvalue weighted by Crippen LogP contribution is 2.06. The van der Waals surface area contributed by atoms with Gasteiger partial charge in [-0.15, -0.1) is 0 Å². The Morgan fingerprint density at radius 2 is 1.00 bits per heavy atom. The van der Waals surface area contributed by atoms with Gasteiger partial charge in [0.25, 0.3) is 0 Å². The maximum absolute atomic E-state index is 11.2. The zero-order valence-corrected chi connectivity index (χ0v) is 12.3. The first-order valence-corrected chi connectivity index (χ1v) is 6.78. The largest absolute Gasteiger partial charge is 0.543 e. The quantitative estimate of drug-likeness (QED) is 0.518. The fourth-order valence-corrected chi connectivity index (χ4v) is 1.66. The fraction of sp³-hybridized carbons (Fsp3) is 0. The molecule has 0 aromatic heterocycles. The van der Waals surface area contributed by atoms with Crippen molar-refractivity contribution >= 4 is 34.7 Å². The number of carbonyl (C=O) groups excluding carboxylic acids is 2. The van der Waals surface area contributed by atoms with Crippen LogP contribution in [0.25, 0.3) is 0 Å². The summed E-state index contributed by atoms with van der Waals surface area (Å²) in [7, 11) is 0. The minimum Gasteiger partial charge on any atom is -0.543 e. The molecular formula is C16H12N4O4-2. The number of hydrogen-bond acceptors (Lipinski definition) is 8. The summed E-state index contributed by atoms with van der Waals surface area (Å²) < 4.78 is 0. The van der Waals surface area contributed by atoms with Crippen LogP contribution in [0.5, 0.6) is 0 Å². The number of hydrogen-bond donors (Lipinski definition) is 2. The van der Waals surface area contributed by atoms with Gasteiger partial charge in [-0.25, -0.2) is 0 Å². The van der Waals surface area contributed by atoms with Gasteiger partial charge in [-0.2, -0.15) is 10.2 Å². The Hall–Kier alpha value is -3.68. The van der Waals surface area contributed by atoms with E-state index in [-0.39, 0.29) is 0 Å². The van der Waals surface area contributed by atoms with Crippen LogP contribution < -0.4 is 21.1 Å². The van der Waals surface area contributed by atoms with Gasteiger partial charge < -0.3 is 19.8 Å². The topological polar surface area (TPSA) is 129 Å². The molecule has 122 valence electrons. The number of para-hydroxylation sites is 2. The Bertz CT molecular complexity index is 706. The molecule has 0 radical (unpaired) electrons. The van der Waals surface area contributed by atoms with Crippen molar-refractivity contribution in [2.45, 2.75) is 0 Å². The normalized spacial score (nSPS) is 11.7. The summed E-state index contributed by atoms with van der Waals surface area (Å²) in [4.78, 5) is 22.4. The summed E-state index contributed by atoms with van der Waals surface area (Å²) in [6.45, 7) is 0. The lowest BCUT2D eigenvalue weighted by atomic mass is 10.2. The van der Waals surface area contributed by atoms with Crippen LogP contribution in [0.15, 0.2) is 70.9 Å². The first-order chi connectivity index (χ1) is 11.6. The summed E-state index contributed by atoms with van der Waals surface area (Å²) in [5, 5.41) is 29.5. The average molecular weight is 324 g/mol. The number of hydrazone groups is 2. The Morgan fingerprint density at radius 3 is 1.29 bits per heavy atom. The number of nitrogens with one attached hydrogen (secondary N) is 2. The van der Waals surface area contributed by atoms with Crippen LogP contribution in [0.1, 0.15) is 0 Å². The zero-order valence-electron chi connectivity index (χ0n) is 12.3. The molecule has 0 aliphatic rings. The van der Waals surface area contributed by atoms with E-state index in [1.165, 1.54) is 0 Å². The highest BCUT2D eigenvalue weighted by molar-refractivity contribution is 6.78. The van der Waals surface area contributed by atoms with E-state index >= 15 is 0 Å². The van der Waals surface area contributed by atoms with Crippen LogP contribution in [0.4, 0.5) is 11.4 Å². The molecule has 2 aromatic rings. The molecule has 8 nitrogen and oxygen atoms in total. The number of anilines is 2. The van der Waals surface area contributed by atoms with Crippen molar-refractivity contribution in [2.24, 2.45) is 10.2 Å². The van der Waals surface area contributed by atoms with E-state index in [1.807, 2.05) is 0 Å². The number of benzene rings is 2. The second-order valence-electron chi connectivity index (χ2n) is 4.45. The minimum absolute atomic E-state index is 0.463. The molecule has 0 saturated heterocycles. The average Bonchev–Trinajstić information content (AvgIpc) is 2.59. The molecule has 0 amide bonds. The summed E-state index contributed by atoms with van der Waals surface area (Å²) in [5.74, 6) is -3.62. The Labute approximate surface area is 137 Å². The Morgan fingerprint density at radius 1 is 0.667 bits per heavy atom. The maximum atomic E-state index is 11.2. The van der Waals surface area contributed by atoms with Crippen LogP contribution in [0.2, 0.25) is 0 Å². The van der Waals surface area contributed by atoms with Gasteiger partial charge in [0.2, 0.25) is 0 Å². The van der Waals surface area contributed by atoms with Gasteiger partial charge in [0.05, 0.1) is 23.3 Å². The van der Waals surface area contributed by atoms with Crippen molar-refractivity contribution in [1.82, 2.24) is 0 Å². The van der Waals surface area contributed by atoms with Crippen LogP contribution in [0.3, 0.4) is 0 Å². The van der Waals surface area contributed by atoms with Gasteiger partial charge in [0.15, 0.2) is 0 Å². The van der Waals surface area contributed by atoms with Crippen molar-refractivity contribution in [3.05, 3.63) is 60.7 Å². The van der Waals surface area contributed by atoms with Crippen molar-refractivity contribution in [3.63, 3.8) is 0 Å². The molecule has 2 aromatic carbocycles. The summed E-state index contributed by atoms with van der Waals surface area (Å²) in [5.41, 5.74) is 3.98. The van der Waals surface area contributed by atoms with Gasteiger partial charge in [0.1, 0.15) is 11.4 Å². The third-order valence-electron chi connectivity index (χ3n) is 2.75. The molecule has 2 rings (SSSR count). The zero-order chi connectivity index (χ0) is 17.4. The predicted molar refractivity (Wildman–Crippen MR) is 85.0 cm³/mol. The molecule has 0 fully saturated rings. The molecule has 2 N–H and O–H groups in total. The fourth-order valence-electron chi connectivity index (χ4n) is 1.66. The van der Waals surface area contributed by atoms with Crippen LogP contribution in [-0.2, 0) is 9.59 Å². The molecule has 8 heteroatoms. The second kappa shape index (κ2) is 8.08. The maximum Gasteiger partial charge on any atom is 0.135 e. The molecular weight excluding hydrogens is 312 g/mol. The Balaban J connectivity index is 2.27. The van der Waals surface area contributed by atoms with Crippen molar-refractivity contribution < 1.29 is 19.8 Å². The third-order valence-corrected chi connectivity index (χ3v) is 2.75. The van der Waals surface area contributed by atoms with Gasteiger partial charge in [0, 0.05) is 0 Å². The van der Waals surface area contributed by atoms with Crippen molar-refractivity contribution in [1.29, 1.82) is 0 Å². The SMILES string of the molecule is O=C([O-])C(=N\Nc1ccccc1)/C(=N/Nc1ccccc1)C(=O)[O-]. The number of aliphatic carboxylic acids is 2. The number of nitrogens with zero attached hydrogens (tertiary/aromatic N) is 2. The third kappa shape index (κ3) is 4.67. The van der Waals surface area contributed by atoms with Gasteiger partial charge in [-0.1, -0.05) is 36.4 Å². The van der Waals surface area contributed by atoms with Gasteiger partial charge >= 0.3 is 0 Å². The molecule has 0 bridgehead atoms. The Kier molecular flexibility index (Phi) is 5.62. The van der Waals surface area contributed by atoms with Crippen LogP contribution in [0, 0.1) is 0 Å². The van der Waals surface area contributed by atoms with Crippen LogP contribution in [-0.4, -0.2) is 23.4 Å². The summed E-state index contributed by atoms with van der Waals surface area (Å²) in [6.07, 6.45) is 0. The lowest BCUT2D eigenvalue weighted by molar-refractivity contribution is -0.297.